The SMILES string of the molecule is COc1cc(C(O)C(Cn2cc3ccc(F)c(C(=O)O)c3n2)OC2CCCC2)cc(OC)c1C. The highest BCUT2D eigenvalue weighted by Crippen LogP contribution is 2.35. The monoisotopic (exact) mass is 472 g/mol. The van der Waals surface area contributed by atoms with Gasteiger partial charge in [-0.1, -0.05) is 12.8 Å². The number of halogens is 1. The van der Waals surface area contributed by atoms with Gasteiger partial charge in [-0.05, 0) is 49.6 Å². The standard InChI is InChI=1S/C25H29FN2O6/c1-14-19(32-2)10-16(11-20(14)33-3)24(29)21(34-17-6-4-5-7-17)13-28-12-15-8-9-18(26)22(25(30)31)23(15)27-28/h8-12,17,21,24,29H,4-7,13H2,1-3H3,(H,30,31). The van der Waals surface area contributed by atoms with Gasteiger partial charge in [0.1, 0.15) is 40.6 Å². The molecule has 0 amide bonds. The summed E-state index contributed by atoms with van der Waals surface area (Å²) in [5.41, 5.74) is 0.963. The summed E-state index contributed by atoms with van der Waals surface area (Å²) in [4.78, 5) is 11.6. The Morgan fingerprint density at radius 2 is 1.85 bits per heavy atom. The number of carboxylic acids is 1. The molecule has 1 saturated carbocycles. The molecule has 9 heteroatoms. The van der Waals surface area contributed by atoms with Crippen molar-refractivity contribution in [3.8, 4) is 11.5 Å². The molecule has 1 fully saturated rings. The molecule has 0 aliphatic heterocycles. The number of hydrogen-bond donors (Lipinski definition) is 2. The summed E-state index contributed by atoms with van der Waals surface area (Å²) in [5.74, 6) is -1.06. The first-order chi connectivity index (χ1) is 16.3. The van der Waals surface area contributed by atoms with Gasteiger partial charge in [-0.25, -0.2) is 9.18 Å². The average Bonchev–Trinajstić information content (AvgIpc) is 3.47. The Morgan fingerprint density at radius 3 is 2.44 bits per heavy atom. The maximum Gasteiger partial charge on any atom is 0.341 e. The van der Waals surface area contributed by atoms with E-state index in [-0.39, 0.29) is 18.2 Å². The van der Waals surface area contributed by atoms with Crippen molar-refractivity contribution in [3.05, 3.63) is 53.0 Å². The Balaban J connectivity index is 1.69. The molecule has 4 rings (SSSR count). The molecule has 2 atom stereocenters. The van der Waals surface area contributed by atoms with Gasteiger partial charge in [0, 0.05) is 17.1 Å². The van der Waals surface area contributed by atoms with Gasteiger partial charge in [0.15, 0.2) is 0 Å². The molecule has 8 nitrogen and oxygen atoms in total. The Hall–Kier alpha value is -3.17. The lowest BCUT2D eigenvalue weighted by Crippen LogP contribution is -2.31. The van der Waals surface area contributed by atoms with Crippen LogP contribution in [0, 0.1) is 12.7 Å². The average molecular weight is 473 g/mol. The van der Waals surface area contributed by atoms with E-state index in [1.807, 2.05) is 6.92 Å². The van der Waals surface area contributed by atoms with Crippen molar-refractivity contribution in [3.63, 3.8) is 0 Å². The largest absolute Gasteiger partial charge is 0.496 e. The topological polar surface area (TPSA) is 103 Å². The number of carboxylic acid groups (broad SMARTS) is 1. The zero-order valence-corrected chi connectivity index (χ0v) is 19.5. The van der Waals surface area contributed by atoms with Gasteiger partial charge < -0.3 is 24.4 Å². The molecule has 2 N–H and O–H groups in total. The maximum absolute atomic E-state index is 14.1. The first-order valence-electron chi connectivity index (χ1n) is 11.3. The van der Waals surface area contributed by atoms with Crippen molar-refractivity contribution in [1.29, 1.82) is 0 Å². The molecule has 1 heterocycles. The second-order valence-corrected chi connectivity index (χ2v) is 8.59. The quantitative estimate of drug-likeness (QED) is 0.480. The van der Waals surface area contributed by atoms with Gasteiger partial charge in [0.2, 0.25) is 0 Å². The van der Waals surface area contributed by atoms with E-state index >= 15 is 0 Å². The molecule has 2 unspecified atom stereocenters. The maximum atomic E-state index is 14.1. The molecular formula is C25H29FN2O6. The summed E-state index contributed by atoms with van der Waals surface area (Å²) in [7, 11) is 3.11. The molecule has 34 heavy (non-hydrogen) atoms. The zero-order chi connectivity index (χ0) is 24.4. The highest BCUT2D eigenvalue weighted by Gasteiger charge is 2.29. The number of rotatable bonds is 9. The fourth-order valence-corrected chi connectivity index (χ4v) is 4.57. The van der Waals surface area contributed by atoms with Gasteiger partial charge in [-0.2, -0.15) is 5.10 Å². The molecular weight excluding hydrogens is 443 g/mol. The van der Waals surface area contributed by atoms with Crippen LogP contribution in [0.15, 0.2) is 30.5 Å². The third-order valence-corrected chi connectivity index (χ3v) is 6.39. The fraction of sp³-hybridized carbons (Fsp3) is 0.440. The lowest BCUT2D eigenvalue weighted by molar-refractivity contribution is -0.0845. The van der Waals surface area contributed by atoms with Gasteiger partial charge in [0.25, 0.3) is 0 Å². The Bertz CT molecular complexity index is 1160. The lowest BCUT2D eigenvalue weighted by Gasteiger charge is -2.27. The van der Waals surface area contributed by atoms with E-state index in [1.165, 1.54) is 10.7 Å². The van der Waals surface area contributed by atoms with Crippen LogP contribution < -0.4 is 9.47 Å². The molecule has 0 spiro atoms. The summed E-state index contributed by atoms with van der Waals surface area (Å²) in [6.07, 6.45) is 3.85. The number of benzene rings is 2. The summed E-state index contributed by atoms with van der Waals surface area (Å²) in [5, 5.41) is 25.6. The number of aromatic carboxylic acids is 1. The lowest BCUT2D eigenvalue weighted by atomic mass is 10.0. The van der Waals surface area contributed by atoms with Crippen LogP contribution in [0.25, 0.3) is 10.9 Å². The minimum Gasteiger partial charge on any atom is -0.496 e. The Kier molecular flexibility index (Phi) is 7.04. The van der Waals surface area contributed by atoms with Crippen LogP contribution in [0.4, 0.5) is 4.39 Å². The number of aliphatic hydroxyl groups excluding tert-OH is 1. The van der Waals surface area contributed by atoms with Crippen LogP contribution in [0.3, 0.4) is 0 Å². The van der Waals surface area contributed by atoms with E-state index in [9.17, 15) is 19.4 Å². The summed E-state index contributed by atoms with van der Waals surface area (Å²) >= 11 is 0. The van der Waals surface area contributed by atoms with Gasteiger partial charge in [-0.3, -0.25) is 4.68 Å². The number of methoxy groups -OCH3 is 2. The van der Waals surface area contributed by atoms with Crippen LogP contribution in [-0.2, 0) is 11.3 Å². The van der Waals surface area contributed by atoms with Crippen LogP contribution in [0.1, 0.15) is 53.3 Å². The van der Waals surface area contributed by atoms with Crippen LogP contribution in [0.5, 0.6) is 11.5 Å². The van der Waals surface area contributed by atoms with Crippen molar-refractivity contribution in [2.75, 3.05) is 14.2 Å². The molecule has 3 aromatic rings. The minimum absolute atomic E-state index is 0.00546. The first-order valence-corrected chi connectivity index (χ1v) is 11.3. The highest BCUT2D eigenvalue weighted by atomic mass is 19.1. The number of aliphatic hydroxyl groups is 1. The molecule has 1 aromatic heterocycles. The predicted octanol–water partition coefficient (Wildman–Crippen LogP) is 4.26. The normalized spacial score (nSPS) is 16.0. The van der Waals surface area contributed by atoms with Crippen LogP contribution in [0.2, 0.25) is 0 Å². The number of carbonyl (C=O) groups is 1. The third kappa shape index (κ3) is 4.71. The van der Waals surface area contributed by atoms with E-state index in [0.29, 0.717) is 22.4 Å². The van der Waals surface area contributed by atoms with E-state index in [2.05, 4.69) is 5.10 Å². The Morgan fingerprint density at radius 1 is 1.21 bits per heavy atom. The molecule has 0 bridgehead atoms. The van der Waals surface area contributed by atoms with Crippen molar-refractivity contribution >= 4 is 16.9 Å². The Labute approximate surface area is 196 Å². The van der Waals surface area contributed by atoms with E-state index < -0.39 is 29.6 Å². The number of hydrogen-bond acceptors (Lipinski definition) is 6. The highest BCUT2D eigenvalue weighted by molar-refractivity contribution is 6.01. The fourth-order valence-electron chi connectivity index (χ4n) is 4.57. The van der Waals surface area contributed by atoms with Crippen LogP contribution >= 0.6 is 0 Å². The molecule has 0 saturated heterocycles. The smallest absolute Gasteiger partial charge is 0.341 e. The number of nitrogens with zero attached hydrogens (tertiary/aromatic N) is 2. The van der Waals surface area contributed by atoms with E-state index in [4.69, 9.17) is 14.2 Å². The van der Waals surface area contributed by atoms with Crippen molar-refractivity contribution in [2.45, 2.75) is 57.5 Å². The second kappa shape index (κ2) is 9.99. The summed E-state index contributed by atoms with van der Waals surface area (Å²) in [6, 6.07) is 6.11. The van der Waals surface area contributed by atoms with Crippen LogP contribution in [-0.4, -0.2) is 52.4 Å². The van der Waals surface area contributed by atoms with Gasteiger partial charge in [0.05, 0.1) is 26.9 Å². The van der Waals surface area contributed by atoms with Crippen molar-refractivity contribution < 1.29 is 33.6 Å². The molecule has 182 valence electrons. The summed E-state index contributed by atoms with van der Waals surface area (Å²) < 4.78 is 32.9. The zero-order valence-electron chi connectivity index (χ0n) is 19.5. The van der Waals surface area contributed by atoms with Gasteiger partial charge in [-0.15, -0.1) is 0 Å². The summed E-state index contributed by atoms with van der Waals surface area (Å²) in [6.45, 7) is 2.01. The molecule has 2 aromatic carbocycles. The van der Waals surface area contributed by atoms with E-state index in [1.54, 1.807) is 32.5 Å². The molecule has 0 radical (unpaired) electrons. The van der Waals surface area contributed by atoms with Crippen molar-refractivity contribution in [1.82, 2.24) is 9.78 Å². The minimum atomic E-state index is -1.38. The number of aromatic nitrogens is 2. The van der Waals surface area contributed by atoms with Crippen molar-refractivity contribution in [2.24, 2.45) is 0 Å². The number of fused-ring (bicyclic) bond motifs is 1. The van der Waals surface area contributed by atoms with E-state index in [0.717, 1.165) is 37.3 Å². The predicted molar refractivity (Wildman–Crippen MR) is 123 cm³/mol. The second-order valence-electron chi connectivity index (χ2n) is 8.59. The molecule has 1 aliphatic carbocycles. The third-order valence-electron chi connectivity index (χ3n) is 6.39. The van der Waals surface area contributed by atoms with Gasteiger partial charge >= 0.3 is 5.97 Å². The first kappa shape index (κ1) is 24.0. The molecule has 1 aliphatic rings. The number of ether oxygens (including phenoxy) is 3.